The van der Waals surface area contributed by atoms with Crippen LogP contribution in [0.5, 0.6) is 0 Å². The SMILES string of the molecule is CCCCC(CC)CNC(=NC)NCCCc1nnc2n1CCCCC2. The Labute approximate surface area is 159 Å². The van der Waals surface area contributed by atoms with Crippen LogP contribution in [0.3, 0.4) is 0 Å². The fourth-order valence-corrected chi connectivity index (χ4v) is 3.59. The summed E-state index contributed by atoms with van der Waals surface area (Å²) in [7, 11) is 1.85. The van der Waals surface area contributed by atoms with Crippen LogP contribution in [-0.2, 0) is 19.4 Å². The Balaban J connectivity index is 1.68. The number of hydrogen-bond donors (Lipinski definition) is 2. The molecule has 2 heterocycles. The Kier molecular flexibility index (Phi) is 9.50. The molecule has 0 saturated carbocycles. The minimum Gasteiger partial charge on any atom is -0.356 e. The van der Waals surface area contributed by atoms with Gasteiger partial charge in [-0.15, -0.1) is 10.2 Å². The first kappa shape index (κ1) is 20.7. The zero-order valence-corrected chi connectivity index (χ0v) is 17.1. The summed E-state index contributed by atoms with van der Waals surface area (Å²) < 4.78 is 2.35. The maximum Gasteiger partial charge on any atom is 0.190 e. The summed E-state index contributed by atoms with van der Waals surface area (Å²) in [6.45, 7) is 7.54. The molecule has 1 aromatic heterocycles. The minimum absolute atomic E-state index is 0.736. The summed E-state index contributed by atoms with van der Waals surface area (Å²) >= 11 is 0. The smallest absolute Gasteiger partial charge is 0.190 e. The van der Waals surface area contributed by atoms with E-state index < -0.39 is 0 Å². The lowest BCUT2D eigenvalue weighted by molar-refractivity contribution is 0.443. The molecular weight excluding hydrogens is 324 g/mol. The van der Waals surface area contributed by atoms with Crippen LogP contribution in [0.15, 0.2) is 4.99 Å². The molecular formula is C20H38N6. The van der Waals surface area contributed by atoms with Gasteiger partial charge >= 0.3 is 0 Å². The van der Waals surface area contributed by atoms with Crippen molar-refractivity contribution < 1.29 is 0 Å². The maximum absolute atomic E-state index is 4.41. The summed E-state index contributed by atoms with van der Waals surface area (Å²) in [6.07, 6.45) is 12.0. The van der Waals surface area contributed by atoms with Gasteiger partial charge in [-0.3, -0.25) is 4.99 Å². The first-order chi connectivity index (χ1) is 12.8. The number of nitrogens with zero attached hydrogens (tertiary/aromatic N) is 4. The van der Waals surface area contributed by atoms with Gasteiger partial charge in [0, 0.05) is 39.5 Å². The monoisotopic (exact) mass is 362 g/mol. The molecule has 0 spiro atoms. The lowest BCUT2D eigenvalue weighted by Crippen LogP contribution is -2.40. The third-order valence-electron chi connectivity index (χ3n) is 5.38. The van der Waals surface area contributed by atoms with Crippen LogP contribution in [0.1, 0.15) is 76.9 Å². The van der Waals surface area contributed by atoms with E-state index in [-0.39, 0.29) is 0 Å². The molecule has 0 fully saturated rings. The first-order valence-electron chi connectivity index (χ1n) is 10.6. The Hall–Kier alpha value is -1.59. The number of fused-ring (bicyclic) bond motifs is 1. The first-order valence-corrected chi connectivity index (χ1v) is 10.6. The highest BCUT2D eigenvalue weighted by Gasteiger charge is 2.14. The fourth-order valence-electron chi connectivity index (χ4n) is 3.59. The topological polar surface area (TPSA) is 67.1 Å². The van der Waals surface area contributed by atoms with Crippen molar-refractivity contribution in [1.29, 1.82) is 0 Å². The molecule has 26 heavy (non-hydrogen) atoms. The van der Waals surface area contributed by atoms with Crippen LogP contribution in [0, 0.1) is 5.92 Å². The average Bonchev–Trinajstić information content (AvgIpc) is 2.89. The highest BCUT2D eigenvalue weighted by atomic mass is 15.3. The number of nitrogens with one attached hydrogen (secondary N) is 2. The van der Waals surface area contributed by atoms with E-state index in [2.05, 4.69) is 44.2 Å². The molecule has 1 aliphatic heterocycles. The fraction of sp³-hybridized carbons (Fsp3) is 0.850. The van der Waals surface area contributed by atoms with E-state index in [0.717, 1.165) is 56.6 Å². The van der Waals surface area contributed by atoms with Crippen molar-refractivity contribution in [1.82, 2.24) is 25.4 Å². The number of aryl methyl sites for hydroxylation is 2. The van der Waals surface area contributed by atoms with Gasteiger partial charge < -0.3 is 15.2 Å². The van der Waals surface area contributed by atoms with Crippen molar-refractivity contribution >= 4 is 5.96 Å². The van der Waals surface area contributed by atoms with Crippen molar-refractivity contribution in [2.75, 3.05) is 20.1 Å². The van der Waals surface area contributed by atoms with Crippen molar-refractivity contribution in [3.63, 3.8) is 0 Å². The Morgan fingerprint density at radius 1 is 1.15 bits per heavy atom. The van der Waals surface area contributed by atoms with Crippen LogP contribution in [-0.4, -0.2) is 40.9 Å². The summed E-state index contributed by atoms with van der Waals surface area (Å²) in [5.41, 5.74) is 0. The molecule has 0 radical (unpaired) electrons. The molecule has 0 bridgehead atoms. The quantitative estimate of drug-likeness (QED) is 0.381. The minimum atomic E-state index is 0.736. The van der Waals surface area contributed by atoms with E-state index >= 15 is 0 Å². The van der Waals surface area contributed by atoms with Crippen molar-refractivity contribution in [3.05, 3.63) is 11.6 Å². The van der Waals surface area contributed by atoms with Crippen molar-refractivity contribution in [3.8, 4) is 0 Å². The molecule has 1 aliphatic rings. The van der Waals surface area contributed by atoms with Gasteiger partial charge in [-0.25, -0.2) is 0 Å². The molecule has 0 aromatic carbocycles. The number of rotatable bonds is 10. The summed E-state index contributed by atoms with van der Waals surface area (Å²) in [5.74, 6) is 3.98. The standard InChI is InChI=1S/C20H38N6/c1-4-6-11-17(5-2)16-23-20(21-3)22-14-10-13-19-25-24-18-12-8-7-9-15-26(18)19/h17H,4-16H2,1-3H3,(H2,21,22,23). The number of unbranched alkanes of at least 4 members (excludes halogenated alkanes) is 1. The molecule has 0 aliphatic carbocycles. The average molecular weight is 363 g/mol. The van der Waals surface area contributed by atoms with Gasteiger partial charge in [0.25, 0.3) is 0 Å². The lowest BCUT2D eigenvalue weighted by atomic mass is 9.99. The zero-order valence-electron chi connectivity index (χ0n) is 17.1. The van der Waals surface area contributed by atoms with Gasteiger partial charge in [0.1, 0.15) is 11.6 Å². The molecule has 1 atom stereocenters. The summed E-state index contributed by atoms with van der Waals surface area (Å²) in [6, 6.07) is 0. The van der Waals surface area contributed by atoms with Gasteiger partial charge in [0.15, 0.2) is 5.96 Å². The Morgan fingerprint density at radius 3 is 2.81 bits per heavy atom. The van der Waals surface area contributed by atoms with Crippen LogP contribution in [0.2, 0.25) is 0 Å². The highest BCUT2D eigenvalue weighted by molar-refractivity contribution is 5.79. The predicted octanol–water partition coefficient (Wildman–Crippen LogP) is 3.32. The van der Waals surface area contributed by atoms with Crippen LogP contribution >= 0.6 is 0 Å². The molecule has 148 valence electrons. The van der Waals surface area contributed by atoms with E-state index in [1.165, 1.54) is 50.8 Å². The highest BCUT2D eigenvalue weighted by Crippen LogP contribution is 2.15. The molecule has 0 amide bonds. The number of aliphatic imine (C=N–C) groups is 1. The molecule has 6 nitrogen and oxygen atoms in total. The number of guanidine groups is 1. The largest absolute Gasteiger partial charge is 0.356 e. The van der Waals surface area contributed by atoms with Crippen LogP contribution < -0.4 is 10.6 Å². The van der Waals surface area contributed by atoms with Crippen molar-refractivity contribution in [2.24, 2.45) is 10.9 Å². The second kappa shape index (κ2) is 11.9. The molecule has 1 aromatic rings. The van der Waals surface area contributed by atoms with Crippen LogP contribution in [0.25, 0.3) is 0 Å². The molecule has 2 rings (SSSR count). The molecule has 6 heteroatoms. The predicted molar refractivity (Wildman–Crippen MR) is 109 cm³/mol. The van der Waals surface area contributed by atoms with E-state index in [1.54, 1.807) is 0 Å². The zero-order chi connectivity index (χ0) is 18.6. The Morgan fingerprint density at radius 2 is 2.04 bits per heavy atom. The number of aromatic nitrogens is 3. The van der Waals surface area contributed by atoms with E-state index in [9.17, 15) is 0 Å². The second-order valence-corrected chi connectivity index (χ2v) is 7.39. The third-order valence-corrected chi connectivity index (χ3v) is 5.38. The normalized spacial score (nSPS) is 16.0. The molecule has 0 saturated heterocycles. The maximum atomic E-state index is 4.41. The molecule has 1 unspecified atom stereocenters. The molecule has 2 N–H and O–H groups in total. The Bertz CT molecular complexity index is 536. The van der Waals surface area contributed by atoms with E-state index in [0.29, 0.717) is 0 Å². The van der Waals surface area contributed by atoms with Gasteiger partial charge in [0.2, 0.25) is 0 Å². The second-order valence-electron chi connectivity index (χ2n) is 7.39. The van der Waals surface area contributed by atoms with E-state index in [4.69, 9.17) is 0 Å². The van der Waals surface area contributed by atoms with Crippen LogP contribution in [0.4, 0.5) is 0 Å². The van der Waals surface area contributed by atoms with Crippen molar-refractivity contribution in [2.45, 2.75) is 84.6 Å². The lowest BCUT2D eigenvalue weighted by Gasteiger charge is -2.18. The van der Waals surface area contributed by atoms with E-state index in [1.807, 2.05) is 7.05 Å². The third kappa shape index (κ3) is 6.61. The summed E-state index contributed by atoms with van der Waals surface area (Å²) in [4.78, 5) is 4.35. The van der Waals surface area contributed by atoms with Gasteiger partial charge in [-0.2, -0.15) is 0 Å². The van der Waals surface area contributed by atoms with Gasteiger partial charge in [-0.1, -0.05) is 39.5 Å². The van der Waals surface area contributed by atoms with Gasteiger partial charge in [0.05, 0.1) is 0 Å². The van der Waals surface area contributed by atoms with Gasteiger partial charge in [-0.05, 0) is 31.6 Å². The summed E-state index contributed by atoms with van der Waals surface area (Å²) in [5, 5.41) is 15.7. The number of hydrogen-bond acceptors (Lipinski definition) is 3.